The second kappa shape index (κ2) is 5.41. The number of amidine groups is 1. The van der Waals surface area contributed by atoms with Crippen LogP contribution in [-0.2, 0) is 0 Å². The molecule has 0 aliphatic heterocycles. The monoisotopic (exact) mass is 354 g/mol. The van der Waals surface area contributed by atoms with E-state index in [4.69, 9.17) is 10.9 Å². The zero-order valence-electron chi connectivity index (χ0n) is 10.3. The molecule has 0 spiro atoms. The lowest BCUT2D eigenvalue weighted by Crippen LogP contribution is -2.14. The van der Waals surface area contributed by atoms with Gasteiger partial charge in [0.05, 0.1) is 6.04 Å². The van der Waals surface area contributed by atoms with Crippen molar-refractivity contribution in [1.82, 2.24) is 20.2 Å². The van der Waals surface area contributed by atoms with Gasteiger partial charge in [-0.1, -0.05) is 21.1 Å². The maximum absolute atomic E-state index is 8.88. The third-order valence-corrected chi connectivity index (χ3v) is 4.40. The summed E-state index contributed by atoms with van der Waals surface area (Å²) in [7, 11) is 0. The molecule has 0 radical (unpaired) electrons. The number of nitrogens with zero attached hydrogens (tertiary/aromatic N) is 5. The fourth-order valence-corrected chi connectivity index (χ4v) is 3.07. The number of oxime groups is 1. The smallest absolute Gasteiger partial charge is 0.214 e. The minimum atomic E-state index is 0.0549. The summed E-state index contributed by atoms with van der Waals surface area (Å²) in [6.07, 6.45) is 2.21. The summed E-state index contributed by atoms with van der Waals surface area (Å²) >= 11 is 4.77. The van der Waals surface area contributed by atoms with Gasteiger partial charge in [-0.3, -0.25) is 0 Å². The number of rotatable bonds is 4. The molecule has 0 saturated heterocycles. The lowest BCUT2D eigenvalue weighted by molar-refractivity contribution is 0.318. The van der Waals surface area contributed by atoms with Crippen LogP contribution in [0.3, 0.4) is 0 Å². The normalized spacial score (nSPS) is 15.6. The number of aromatic nitrogens is 4. The van der Waals surface area contributed by atoms with E-state index in [0.717, 1.165) is 22.2 Å². The van der Waals surface area contributed by atoms with Crippen molar-refractivity contribution >= 4 is 33.5 Å². The molecule has 20 heavy (non-hydrogen) atoms. The molecule has 7 nitrogen and oxygen atoms in total. The fraction of sp³-hybridized carbons (Fsp3) is 0.273. The van der Waals surface area contributed by atoms with Crippen molar-refractivity contribution in [1.29, 1.82) is 0 Å². The van der Waals surface area contributed by atoms with E-state index < -0.39 is 0 Å². The highest BCUT2D eigenvalue weighted by atomic mass is 79.9. The number of benzene rings is 1. The first-order valence-corrected chi connectivity index (χ1v) is 7.53. The summed E-state index contributed by atoms with van der Waals surface area (Å²) in [5.74, 6) is 0.0549. The van der Waals surface area contributed by atoms with Crippen molar-refractivity contribution in [3.63, 3.8) is 0 Å². The van der Waals surface area contributed by atoms with Crippen LogP contribution in [0.25, 0.3) is 0 Å². The molecule has 3 rings (SSSR count). The molecule has 1 aliphatic rings. The fourth-order valence-electron chi connectivity index (χ4n) is 1.74. The maximum Gasteiger partial charge on any atom is 0.214 e. The highest BCUT2D eigenvalue weighted by molar-refractivity contribution is 9.10. The molecule has 0 bridgehead atoms. The minimum absolute atomic E-state index is 0.0549. The molecule has 1 fully saturated rings. The van der Waals surface area contributed by atoms with Crippen LogP contribution in [-0.4, -0.2) is 31.3 Å². The van der Waals surface area contributed by atoms with E-state index in [2.05, 4.69) is 36.6 Å². The first-order valence-electron chi connectivity index (χ1n) is 5.92. The van der Waals surface area contributed by atoms with Gasteiger partial charge in [0, 0.05) is 14.9 Å². The number of hydrogen-bond donors (Lipinski definition) is 2. The predicted molar refractivity (Wildman–Crippen MR) is 76.9 cm³/mol. The third-order valence-electron chi connectivity index (χ3n) is 2.88. The zero-order chi connectivity index (χ0) is 14.1. The van der Waals surface area contributed by atoms with Crippen LogP contribution in [0.4, 0.5) is 0 Å². The largest absolute Gasteiger partial charge is 0.409 e. The van der Waals surface area contributed by atoms with Gasteiger partial charge in [0.1, 0.15) is 0 Å². The van der Waals surface area contributed by atoms with E-state index in [1.165, 1.54) is 11.8 Å². The number of halogens is 1. The van der Waals surface area contributed by atoms with E-state index in [-0.39, 0.29) is 5.84 Å². The molecule has 1 heterocycles. The highest BCUT2D eigenvalue weighted by Gasteiger charge is 2.28. The van der Waals surface area contributed by atoms with Crippen molar-refractivity contribution in [2.24, 2.45) is 10.9 Å². The van der Waals surface area contributed by atoms with Gasteiger partial charge in [-0.15, -0.1) is 5.10 Å². The standard InChI is InChI=1S/C11H11BrN6OS/c12-6-1-4-9(8(5-6)10(13)15-19)20-11-14-16-17-18(11)7-2-3-7/h1,4-5,7,19H,2-3H2,(H2,13,15). The summed E-state index contributed by atoms with van der Waals surface area (Å²) in [4.78, 5) is 0.834. The van der Waals surface area contributed by atoms with Crippen LogP contribution in [0.2, 0.25) is 0 Å². The molecule has 1 saturated carbocycles. The van der Waals surface area contributed by atoms with Crippen molar-refractivity contribution in [3.05, 3.63) is 28.2 Å². The number of nitrogens with two attached hydrogens (primary N) is 1. The molecule has 1 aromatic heterocycles. The topological polar surface area (TPSA) is 102 Å². The number of tetrazole rings is 1. The van der Waals surface area contributed by atoms with Crippen LogP contribution in [0.5, 0.6) is 0 Å². The Balaban J connectivity index is 1.95. The average Bonchev–Trinajstić information content (AvgIpc) is 3.20. The number of hydrogen-bond acceptors (Lipinski definition) is 6. The SMILES string of the molecule is N/C(=N/O)c1cc(Br)ccc1Sc1nnnn1C1CC1. The molecule has 9 heteroatoms. The summed E-state index contributed by atoms with van der Waals surface area (Å²) in [6, 6.07) is 5.97. The van der Waals surface area contributed by atoms with Crippen molar-refractivity contribution in [2.45, 2.75) is 28.9 Å². The summed E-state index contributed by atoms with van der Waals surface area (Å²) < 4.78 is 2.67. The molecular formula is C11H11BrN6OS. The molecule has 0 unspecified atom stereocenters. The Morgan fingerprint density at radius 2 is 2.30 bits per heavy atom. The molecule has 0 amide bonds. The Hall–Kier alpha value is -1.61. The first kappa shape index (κ1) is 13.4. The Morgan fingerprint density at radius 3 is 3.00 bits per heavy atom. The van der Waals surface area contributed by atoms with Crippen LogP contribution in [0.15, 0.2) is 37.9 Å². The van der Waals surface area contributed by atoms with Gasteiger partial charge in [0.25, 0.3) is 0 Å². The summed E-state index contributed by atoms with van der Waals surface area (Å²) in [6.45, 7) is 0. The predicted octanol–water partition coefficient (Wildman–Crippen LogP) is 2.02. The van der Waals surface area contributed by atoms with Gasteiger partial charge in [0.2, 0.25) is 5.16 Å². The second-order valence-corrected chi connectivity index (χ2v) is 6.29. The summed E-state index contributed by atoms with van der Waals surface area (Å²) in [5.41, 5.74) is 6.35. The van der Waals surface area contributed by atoms with Crippen LogP contribution >= 0.6 is 27.7 Å². The Kier molecular flexibility index (Phi) is 3.62. The molecule has 2 aromatic rings. The quantitative estimate of drug-likeness (QED) is 0.377. The Morgan fingerprint density at radius 1 is 1.50 bits per heavy atom. The van der Waals surface area contributed by atoms with E-state index in [1.54, 1.807) is 6.07 Å². The van der Waals surface area contributed by atoms with Crippen molar-refractivity contribution in [3.8, 4) is 0 Å². The Labute approximate surface area is 127 Å². The van der Waals surface area contributed by atoms with E-state index in [9.17, 15) is 0 Å². The second-order valence-electron chi connectivity index (χ2n) is 4.36. The molecular weight excluding hydrogens is 344 g/mol. The van der Waals surface area contributed by atoms with Gasteiger partial charge >= 0.3 is 0 Å². The van der Waals surface area contributed by atoms with Gasteiger partial charge in [-0.25, -0.2) is 4.68 Å². The third kappa shape index (κ3) is 2.63. The van der Waals surface area contributed by atoms with Gasteiger partial charge in [0.15, 0.2) is 5.84 Å². The molecule has 1 aromatic carbocycles. The highest BCUT2D eigenvalue weighted by Crippen LogP contribution is 2.38. The molecule has 1 aliphatic carbocycles. The van der Waals surface area contributed by atoms with Crippen LogP contribution in [0, 0.1) is 0 Å². The van der Waals surface area contributed by atoms with E-state index >= 15 is 0 Å². The van der Waals surface area contributed by atoms with Crippen LogP contribution in [0.1, 0.15) is 24.4 Å². The first-order chi connectivity index (χ1) is 9.69. The maximum atomic E-state index is 8.88. The molecule has 0 atom stereocenters. The zero-order valence-corrected chi connectivity index (χ0v) is 12.7. The van der Waals surface area contributed by atoms with E-state index in [0.29, 0.717) is 16.8 Å². The van der Waals surface area contributed by atoms with Crippen LogP contribution < -0.4 is 5.73 Å². The van der Waals surface area contributed by atoms with E-state index in [1.807, 2.05) is 16.8 Å². The minimum Gasteiger partial charge on any atom is -0.409 e. The average molecular weight is 355 g/mol. The van der Waals surface area contributed by atoms with Crippen molar-refractivity contribution < 1.29 is 5.21 Å². The lowest BCUT2D eigenvalue weighted by Gasteiger charge is -2.08. The molecule has 104 valence electrons. The van der Waals surface area contributed by atoms with Gasteiger partial charge < -0.3 is 10.9 Å². The van der Waals surface area contributed by atoms with Crippen molar-refractivity contribution in [2.75, 3.05) is 0 Å². The molecule has 3 N–H and O–H groups in total. The lowest BCUT2D eigenvalue weighted by atomic mass is 10.2. The summed E-state index contributed by atoms with van der Waals surface area (Å²) in [5, 5.41) is 24.4. The van der Waals surface area contributed by atoms with Gasteiger partial charge in [-0.2, -0.15) is 0 Å². The Bertz CT molecular complexity index is 669. The van der Waals surface area contributed by atoms with Gasteiger partial charge in [-0.05, 0) is 53.2 Å².